The van der Waals surface area contributed by atoms with Gasteiger partial charge in [0.25, 0.3) is 0 Å². The number of urea groups is 1. The number of hydrogen-bond acceptors (Lipinski definition) is 3. The molecule has 0 bridgehead atoms. The lowest BCUT2D eigenvalue weighted by molar-refractivity contribution is -0.150. The number of carbonyl (C=O) groups excluding carboxylic acids is 1. The third-order valence-electron chi connectivity index (χ3n) is 4.10. The molecule has 1 atom stereocenters. The lowest BCUT2D eigenvalue weighted by Gasteiger charge is -2.36. The van der Waals surface area contributed by atoms with E-state index in [2.05, 4.69) is 5.32 Å². The number of carboxylic acid groups (broad SMARTS) is 1. The number of piperidine rings is 1. The third kappa shape index (κ3) is 4.09. The van der Waals surface area contributed by atoms with Crippen molar-refractivity contribution in [2.75, 3.05) is 33.7 Å². The molecule has 0 aromatic rings. The molecule has 19 heavy (non-hydrogen) atoms. The SMILES string of the molecule is CC(CNC(=O)N1CCC(C)(C(=O)O)CC1)N(C)C. The molecule has 1 aliphatic heterocycles. The van der Waals surface area contributed by atoms with Crippen LogP contribution < -0.4 is 5.32 Å². The fraction of sp³-hybridized carbons (Fsp3) is 0.846. The summed E-state index contributed by atoms with van der Waals surface area (Å²) in [7, 11) is 3.94. The Hall–Kier alpha value is -1.30. The molecule has 1 aliphatic rings. The van der Waals surface area contributed by atoms with E-state index in [-0.39, 0.29) is 12.1 Å². The topological polar surface area (TPSA) is 72.9 Å². The number of amides is 2. The van der Waals surface area contributed by atoms with Gasteiger partial charge < -0.3 is 20.2 Å². The van der Waals surface area contributed by atoms with Crippen molar-refractivity contribution in [1.29, 1.82) is 0 Å². The van der Waals surface area contributed by atoms with Crippen molar-refractivity contribution in [3.8, 4) is 0 Å². The summed E-state index contributed by atoms with van der Waals surface area (Å²) in [5.74, 6) is -0.770. The maximum Gasteiger partial charge on any atom is 0.317 e. The van der Waals surface area contributed by atoms with Crippen LogP contribution in [-0.4, -0.2) is 66.7 Å². The highest BCUT2D eigenvalue weighted by atomic mass is 16.4. The van der Waals surface area contributed by atoms with Gasteiger partial charge in [-0.1, -0.05) is 0 Å². The molecular weight excluding hydrogens is 246 g/mol. The van der Waals surface area contributed by atoms with Crippen LogP contribution in [0.2, 0.25) is 0 Å². The zero-order valence-corrected chi connectivity index (χ0v) is 12.3. The number of likely N-dealkylation sites (tertiary alicyclic amines) is 1. The van der Waals surface area contributed by atoms with Gasteiger partial charge in [0.05, 0.1) is 5.41 Å². The fourth-order valence-electron chi connectivity index (χ4n) is 1.95. The molecule has 1 heterocycles. The number of carbonyl (C=O) groups is 2. The fourth-order valence-corrected chi connectivity index (χ4v) is 1.95. The van der Waals surface area contributed by atoms with Crippen LogP contribution in [0.4, 0.5) is 4.79 Å². The molecule has 0 aromatic carbocycles. The van der Waals surface area contributed by atoms with Crippen LogP contribution in [-0.2, 0) is 4.79 Å². The highest BCUT2D eigenvalue weighted by molar-refractivity contribution is 5.77. The molecule has 2 N–H and O–H groups in total. The quantitative estimate of drug-likeness (QED) is 0.794. The van der Waals surface area contributed by atoms with Crippen LogP contribution in [0, 0.1) is 5.41 Å². The van der Waals surface area contributed by atoms with Crippen molar-refractivity contribution in [3.05, 3.63) is 0 Å². The molecule has 6 nitrogen and oxygen atoms in total. The first-order valence-corrected chi connectivity index (χ1v) is 6.69. The molecule has 1 saturated heterocycles. The number of aliphatic carboxylic acids is 1. The van der Waals surface area contributed by atoms with Gasteiger partial charge >= 0.3 is 12.0 Å². The van der Waals surface area contributed by atoms with Crippen LogP contribution in [0.1, 0.15) is 26.7 Å². The second kappa shape index (κ2) is 6.23. The lowest BCUT2D eigenvalue weighted by Crippen LogP contribution is -2.50. The number of likely N-dealkylation sites (N-methyl/N-ethyl adjacent to an activating group) is 1. The van der Waals surface area contributed by atoms with Crippen LogP contribution in [0.25, 0.3) is 0 Å². The Labute approximate surface area is 114 Å². The molecule has 0 radical (unpaired) electrons. The van der Waals surface area contributed by atoms with Crippen molar-refractivity contribution >= 4 is 12.0 Å². The van der Waals surface area contributed by atoms with E-state index in [9.17, 15) is 9.59 Å². The van der Waals surface area contributed by atoms with Gasteiger partial charge in [0.1, 0.15) is 0 Å². The Balaban J connectivity index is 2.39. The van der Waals surface area contributed by atoms with Gasteiger partial charge in [-0.05, 0) is 40.8 Å². The first-order valence-electron chi connectivity index (χ1n) is 6.69. The smallest absolute Gasteiger partial charge is 0.317 e. The Morgan fingerprint density at radius 3 is 2.32 bits per heavy atom. The molecular formula is C13H25N3O3. The summed E-state index contributed by atoms with van der Waals surface area (Å²) in [6.45, 7) is 5.39. The molecule has 110 valence electrons. The van der Waals surface area contributed by atoms with Gasteiger partial charge in [-0.3, -0.25) is 4.79 Å². The Kier molecular flexibility index (Phi) is 5.17. The molecule has 0 aliphatic carbocycles. The minimum Gasteiger partial charge on any atom is -0.481 e. The molecule has 1 rings (SSSR count). The molecule has 2 amide bonds. The predicted molar refractivity (Wildman–Crippen MR) is 73.1 cm³/mol. The summed E-state index contributed by atoms with van der Waals surface area (Å²) in [4.78, 5) is 26.8. The Morgan fingerprint density at radius 2 is 1.89 bits per heavy atom. The highest BCUT2D eigenvalue weighted by Gasteiger charge is 2.37. The summed E-state index contributed by atoms with van der Waals surface area (Å²) < 4.78 is 0. The number of nitrogens with zero attached hydrogens (tertiary/aromatic N) is 2. The summed E-state index contributed by atoms with van der Waals surface area (Å²) >= 11 is 0. The van der Waals surface area contributed by atoms with E-state index in [0.717, 1.165) is 0 Å². The van der Waals surface area contributed by atoms with Crippen LogP contribution in [0.5, 0.6) is 0 Å². The number of rotatable bonds is 4. The van der Waals surface area contributed by atoms with Gasteiger partial charge in [-0.2, -0.15) is 0 Å². The van der Waals surface area contributed by atoms with E-state index in [4.69, 9.17) is 5.11 Å². The van der Waals surface area contributed by atoms with Gasteiger partial charge in [0.2, 0.25) is 0 Å². The largest absolute Gasteiger partial charge is 0.481 e. The average Bonchev–Trinajstić information content (AvgIpc) is 2.36. The van der Waals surface area contributed by atoms with Crippen molar-refractivity contribution in [2.24, 2.45) is 5.41 Å². The Morgan fingerprint density at radius 1 is 1.37 bits per heavy atom. The number of nitrogens with one attached hydrogen (secondary N) is 1. The minimum absolute atomic E-state index is 0.0962. The third-order valence-corrected chi connectivity index (χ3v) is 4.10. The van der Waals surface area contributed by atoms with Crippen LogP contribution >= 0.6 is 0 Å². The predicted octanol–water partition coefficient (Wildman–Crippen LogP) is 0.833. The van der Waals surface area contributed by atoms with Gasteiger partial charge in [0, 0.05) is 25.7 Å². The first kappa shape index (κ1) is 15.8. The molecule has 0 aromatic heterocycles. The van der Waals surface area contributed by atoms with Gasteiger partial charge in [0.15, 0.2) is 0 Å². The van der Waals surface area contributed by atoms with E-state index < -0.39 is 11.4 Å². The van der Waals surface area contributed by atoms with E-state index in [1.165, 1.54) is 0 Å². The molecule has 0 spiro atoms. The second-order valence-electron chi connectivity index (χ2n) is 5.85. The van der Waals surface area contributed by atoms with Crippen LogP contribution in [0.3, 0.4) is 0 Å². The number of carboxylic acids is 1. The summed E-state index contributed by atoms with van der Waals surface area (Å²) in [5.41, 5.74) is -0.687. The van der Waals surface area contributed by atoms with E-state index >= 15 is 0 Å². The maximum absolute atomic E-state index is 12.0. The van der Waals surface area contributed by atoms with Crippen molar-refractivity contribution in [1.82, 2.24) is 15.1 Å². The number of hydrogen-bond donors (Lipinski definition) is 2. The first-order chi connectivity index (χ1) is 8.76. The van der Waals surface area contributed by atoms with Crippen LogP contribution in [0.15, 0.2) is 0 Å². The van der Waals surface area contributed by atoms with Crippen molar-refractivity contribution < 1.29 is 14.7 Å². The summed E-state index contributed by atoms with van der Waals surface area (Å²) in [5, 5.41) is 12.0. The van der Waals surface area contributed by atoms with E-state index in [0.29, 0.717) is 32.5 Å². The highest BCUT2D eigenvalue weighted by Crippen LogP contribution is 2.30. The monoisotopic (exact) mass is 271 g/mol. The second-order valence-corrected chi connectivity index (χ2v) is 5.85. The summed E-state index contributed by atoms with van der Waals surface area (Å²) in [6.07, 6.45) is 1.03. The molecule has 6 heteroatoms. The Bertz CT molecular complexity index is 336. The van der Waals surface area contributed by atoms with Gasteiger partial charge in [-0.25, -0.2) is 4.79 Å². The average molecular weight is 271 g/mol. The van der Waals surface area contributed by atoms with Gasteiger partial charge in [-0.15, -0.1) is 0 Å². The van der Waals surface area contributed by atoms with Crippen molar-refractivity contribution in [2.45, 2.75) is 32.7 Å². The minimum atomic E-state index is -0.770. The standard InChI is InChI=1S/C13H25N3O3/c1-10(15(3)4)9-14-12(19)16-7-5-13(2,6-8-16)11(17)18/h10H,5-9H2,1-4H3,(H,14,19)(H,17,18). The maximum atomic E-state index is 12.0. The zero-order valence-electron chi connectivity index (χ0n) is 12.3. The van der Waals surface area contributed by atoms with E-state index in [1.807, 2.05) is 25.9 Å². The zero-order chi connectivity index (χ0) is 14.6. The lowest BCUT2D eigenvalue weighted by atomic mass is 9.80. The molecule has 0 saturated carbocycles. The normalized spacial score (nSPS) is 20.2. The van der Waals surface area contributed by atoms with E-state index in [1.54, 1.807) is 11.8 Å². The van der Waals surface area contributed by atoms with Crippen molar-refractivity contribution in [3.63, 3.8) is 0 Å². The molecule has 1 fully saturated rings. The summed E-state index contributed by atoms with van der Waals surface area (Å²) in [6, 6.07) is 0.180. The molecule has 1 unspecified atom stereocenters.